The maximum atomic E-state index is 12.2. The first-order chi connectivity index (χ1) is 12.2. The molecule has 1 aliphatic heterocycles. The van der Waals surface area contributed by atoms with E-state index in [1.54, 1.807) is 19.2 Å². The minimum Gasteiger partial charge on any atom is -0.453 e. The third kappa shape index (κ3) is 4.71. The number of hydrogen-bond acceptors (Lipinski definition) is 4. The molecular weight excluding hydrogens is 316 g/mol. The Morgan fingerprint density at radius 1 is 1.24 bits per heavy atom. The highest BCUT2D eigenvalue weighted by atomic mass is 16.5. The maximum absolute atomic E-state index is 12.2. The lowest BCUT2D eigenvalue weighted by atomic mass is 10.0. The van der Waals surface area contributed by atoms with E-state index in [9.17, 15) is 4.79 Å². The molecule has 134 valence electrons. The number of amides is 1. The van der Waals surface area contributed by atoms with E-state index in [4.69, 9.17) is 9.15 Å². The minimum atomic E-state index is -0.250. The van der Waals surface area contributed by atoms with Gasteiger partial charge in [0.2, 0.25) is 0 Å². The Morgan fingerprint density at radius 2 is 2.04 bits per heavy atom. The number of nitrogens with zero attached hydrogens (tertiary/aromatic N) is 1. The topological polar surface area (TPSA) is 54.7 Å². The molecule has 0 radical (unpaired) electrons. The number of hydrogen-bond donors (Lipinski definition) is 1. The van der Waals surface area contributed by atoms with Gasteiger partial charge in [-0.1, -0.05) is 18.6 Å². The maximum Gasteiger partial charge on any atom is 0.291 e. The van der Waals surface area contributed by atoms with Gasteiger partial charge in [-0.3, -0.25) is 9.69 Å². The van der Waals surface area contributed by atoms with Crippen molar-refractivity contribution in [3.63, 3.8) is 0 Å². The van der Waals surface area contributed by atoms with Crippen molar-refractivity contribution in [3.8, 4) is 0 Å². The molecule has 0 bridgehead atoms. The average molecular weight is 342 g/mol. The second-order valence-corrected chi connectivity index (χ2v) is 6.67. The van der Waals surface area contributed by atoms with Crippen LogP contribution in [0.2, 0.25) is 0 Å². The SMILES string of the molecule is COCc1ccc(C(=O)Nc2ccc(CN3CCCC[C@@H]3C)cc2)o1. The molecule has 2 aromatic rings. The second-order valence-electron chi connectivity index (χ2n) is 6.67. The molecule has 1 amide bonds. The molecule has 0 unspecified atom stereocenters. The molecule has 1 saturated heterocycles. The fraction of sp³-hybridized carbons (Fsp3) is 0.450. The summed E-state index contributed by atoms with van der Waals surface area (Å²) in [6, 6.07) is 12.1. The molecule has 25 heavy (non-hydrogen) atoms. The highest BCUT2D eigenvalue weighted by molar-refractivity contribution is 6.02. The van der Waals surface area contributed by atoms with Gasteiger partial charge in [0, 0.05) is 25.4 Å². The van der Waals surface area contributed by atoms with Crippen molar-refractivity contribution in [2.24, 2.45) is 0 Å². The molecule has 1 aromatic carbocycles. The summed E-state index contributed by atoms with van der Waals surface area (Å²) < 4.78 is 10.4. The first-order valence-corrected chi connectivity index (χ1v) is 8.87. The second kappa shape index (κ2) is 8.32. The number of piperidine rings is 1. The third-order valence-electron chi connectivity index (χ3n) is 4.71. The van der Waals surface area contributed by atoms with E-state index in [0.717, 1.165) is 12.2 Å². The zero-order valence-electron chi connectivity index (χ0n) is 15.0. The molecule has 5 nitrogen and oxygen atoms in total. The van der Waals surface area contributed by atoms with E-state index in [1.807, 2.05) is 12.1 Å². The molecular formula is C20H26N2O3. The molecule has 1 N–H and O–H groups in total. The molecule has 1 aromatic heterocycles. The summed E-state index contributed by atoms with van der Waals surface area (Å²) in [6.07, 6.45) is 3.90. The molecule has 1 atom stereocenters. The van der Waals surface area contributed by atoms with Crippen LogP contribution >= 0.6 is 0 Å². The monoisotopic (exact) mass is 342 g/mol. The van der Waals surface area contributed by atoms with Crippen LogP contribution in [0.4, 0.5) is 5.69 Å². The van der Waals surface area contributed by atoms with Crippen molar-refractivity contribution in [3.05, 3.63) is 53.5 Å². The number of nitrogens with one attached hydrogen (secondary N) is 1. The predicted molar refractivity (Wildman–Crippen MR) is 97.5 cm³/mol. The van der Waals surface area contributed by atoms with Crippen LogP contribution < -0.4 is 5.32 Å². The van der Waals surface area contributed by atoms with Crippen LogP contribution in [-0.4, -0.2) is 30.5 Å². The predicted octanol–water partition coefficient (Wildman–Crippen LogP) is 4.05. The highest BCUT2D eigenvalue weighted by Crippen LogP contribution is 2.20. The van der Waals surface area contributed by atoms with Gasteiger partial charge in [-0.2, -0.15) is 0 Å². The number of benzene rings is 1. The van der Waals surface area contributed by atoms with Crippen LogP contribution in [-0.2, 0) is 17.9 Å². The van der Waals surface area contributed by atoms with Gasteiger partial charge in [0.05, 0.1) is 0 Å². The number of methoxy groups -OCH3 is 1. The van der Waals surface area contributed by atoms with Gasteiger partial charge < -0.3 is 14.5 Å². The minimum absolute atomic E-state index is 0.250. The summed E-state index contributed by atoms with van der Waals surface area (Å²) in [5.74, 6) is 0.677. The summed E-state index contributed by atoms with van der Waals surface area (Å²) >= 11 is 0. The number of furan rings is 1. The summed E-state index contributed by atoms with van der Waals surface area (Å²) in [7, 11) is 1.59. The lowest BCUT2D eigenvalue weighted by molar-refractivity contribution is 0.0987. The van der Waals surface area contributed by atoms with Crippen LogP contribution in [0.1, 0.15) is 48.1 Å². The fourth-order valence-electron chi connectivity index (χ4n) is 3.23. The normalized spacial score (nSPS) is 18.2. The lowest BCUT2D eigenvalue weighted by Crippen LogP contribution is -2.36. The van der Waals surface area contributed by atoms with Gasteiger partial charge in [0.15, 0.2) is 5.76 Å². The molecule has 1 aliphatic rings. The summed E-state index contributed by atoms with van der Waals surface area (Å²) in [4.78, 5) is 14.7. The van der Waals surface area contributed by atoms with Crippen LogP contribution in [0.5, 0.6) is 0 Å². The molecule has 3 rings (SSSR count). The Bertz CT molecular complexity index is 693. The molecule has 0 spiro atoms. The zero-order valence-corrected chi connectivity index (χ0v) is 15.0. The van der Waals surface area contributed by atoms with Crippen LogP contribution in [0.3, 0.4) is 0 Å². The Balaban J connectivity index is 1.57. The Kier molecular flexibility index (Phi) is 5.89. The number of carbonyl (C=O) groups excluding carboxylic acids is 1. The molecule has 5 heteroatoms. The number of likely N-dealkylation sites (tertiary alicyclic amines) is 1. The first-order valence-electron chi connectivity index (χ1n) is 8.87. The van der Waals surface area contributed by atoms with E-state index in [0.29, 0.717) is 24.2 Å². The van der Waals surface area contributed by atoms with Gasteiger partial charge in [-0.05, 0) is 56.1 Å². The number of carbonyl (C=O) groups is 1. The lowest BCUT2D eigenvalue weighted by Gasteiger charge is -2.33. The van der Waals surface area contributed by atoms with E-state index in [2.05, 4.69) is 29.3 Å². The van der Waals surface area contributed by atoms with Gasteiger partial charge >= 0.3 is 0 Å². The van der Waals surface area contributed by atoms with Crippen LogP contribution in [0, 0.1) is 0 Å². The van der Waals surface area contributed by atoms with Crippen LogP contribution in [0.15, 0.2) is 40.8 Å². The fourth-order valence-corrected chi connectivity index (χ4v) is 3.23. The smallest absolute Gasteiger partial charge is 0.291 e. The summed E-state index contributed by atoms with van der Waals surface area (Å²) in [5, 5.41) is 2.87. The van der Waals surface area contributed by atoms with E-state index < -0.39 is 0 Å². The van der Waals surface area contributed by atoms with Crippen molar-refractivity contribution in [1.29, 1.82) is 0 Å². The van der Waals surface area contributed by atoms with E-state index in [1.165, 1.54) is 31.4 Å². The van der Waals surface area contributed by atoms with E-state index in [-0.39, 0.29) is 5.91 Å². The number of rotatable bonds is 6. The highest BCUT2D eigenvalue weighted by Gasteiger charge is 2.18. The Hall–Kier alpha value is -2.11. The van der Waals surface area contributed by atoms with Gasteiger partial charge in [-0.25, -0.2) is 0 Å². The third-order valence-corrected chi connectivity index (χ3v) is 4.71. The van der Waals surface area contributed by atoms with Crippen molar-refractivity contribution in [2.75, 3.05) is 19.0 Å². The number of anilines is 1. The zero-order chi connectivity index (χ0) is 17.6. The number of ether oxygens (including phenoxy) is 1. The molecule has 2 heterocycles. The van der Waals surface area contributed by atoms with Gasteiger partial charge in [-0.15, -0.1) is 0 Å². The van der Waals surface area contributed by atoms with Gasteiger partial charge in [0.25, 0.3) is 5.91 Å². The standard InChI is InChI=1S/C20H26N2O3/c1-15-5-3-4-12-22(15)13-16-6-8-17(9-7-16)21-20(23)19-11-10-18(25-19)14-24-2/h6-11,15H,3-5,12-14H2,1-2H3,(H,21,23)/t15-/m0/s1. The summed E-state index contributed by atoms with van der Waals surface area (Å²) in [5.41, 5.74) is 2.04. The molecule has 1 fully saturated rings. The Morgan fingerprint density at radius 3 is 2.76 bits per heavy atom. The van der Waals surface area contributed by atoms with Crippen molar-refractivity contribution in [1.82, 2.24) is 4.90 Å². The largest absolute Gasteiger partial charge is 0.453 e. The van der Waals surface area contributed by atoms with Crippen molar-refractivity contribution in [2.45, 2.75) is 45.4 Å². The van der Waals surface area contributed by atoms with Crippen molar-refractivity contribution < 1.29 is 13.9 Å². The molecule has 0 saturated carbocycles. The average Bonchev–Trinajstić information content (AvgIpc) is 3.08. The van der Waals surface area contributed by atoms with E-state index >= 15 is 0 Å². The van der Waals surface area contributed by atoms with Crippen LogP contribution in [0.25, 0.3) is 0 Å². The quantitative estimate of drug-likeness (QED) is 0.860. The van der Waals surface area contributed by atoms with Crippen molar-refractivity contribution >= 4 is 11.6 Å². The summed E-state index contributed by atoms with van der Waals surface area (Å²) in [6.45, 7) is 4.79. The van der Waals surface area contributed by atoms with Gasteiger partial charge in [0.1, 0.15) is 12.4 Å². The Labute approximate surface area is 149 Å². The first kappa shape index (κ1) is 17.7. The molecule has 0 aliphatic carbocycles.